The van der Waals surface area contributed by atoms with E-state index in [0.29, 0.717) is 22.4 Å². The third-order valence-electron chi connectivity index (χ3n) is 3.81. The summed E-state index contributed by atoms with van der Waals surface area (Å²) in [5, 5.41) is 3.25. The van der Waals surface area contributed by atoms with Gasteiger partial charge in [0.1, 0.15) is 12.4 Å². The van der Waals surface area contributed by atoms with Crippen LogP contribution in [0.5, 0.6) is 0 Å². The van der Waals surface area contributed by atoms with Crippen LogP contribution in [0.15, 0.2) is 50.1 Å². The van der Waals surface area contributed by atoms with E-state index in [1.165, 1.54) is 4.57 Å². The predicted octanol–water partition coefficient (Wildman–Crippen LogP) is 4.18. The van der Waals surface area contributed by atoms with Crippen molar-refractivity contribution in [2.75, 3.05) is 5.32 Å². The maximum absolute atomic E-state index is 12.8. The SMILES string of the molecule is Cc1ccc(NC(=O)Cn2c(C)nc3c(Br)cc(Br)cc3c2=O)cc1. The smallest absolute Gasteiger partial charge is 0.261 e. The monoisotopic (exact) mass is 463 g/mol. The number of carbonyl (C=O) groups excluding carboxylic acids is 1. The second-order valence-corrected chi connectivity index (χ2v) is 7.52. The van der Waals surface area contributed by atoms with Crippen LogP contribution in [-0.4, -0.2) is 15.5 Å². The Hall–Kier alpha value is -1.99. The molecule has 7 heteroatoms. The first kappa shape index (κ1) is 17.8. The minimum Gasteiger partial charge on any atom is -0.325 e. The van der Waals surface area contributed by atoms with Gasteiger partial charge in [-0.1, -0.05) is 33.6 Å². The zero-order valence-corrected chi connectivity index (χ0v) is 16.8. The summed E-state index contributed by atoms with van der Waals surface area (Å²) in [6, 6.07) is 11.0. The summed E-state index contributed by atoms with van der Waals surface area (Å²) in [4.78, 5) is 29.6. The molecule has 0 aliphatic rings. The average molecular weight is 465 g/mol. The number of anilines is 1. The van der Waals surface area contributed by atoms with Gasteiger partial charge in [-0.15, -0.1) is 0 Å². The summed E-state index contributed by atoms with van der Waals surface area (Å²) in [6.45, 7) is 3.60. The van der Waals surface area contributed by atoms with E-state index in [1.807, 2.05) is 37.3 Å². The highest BCUT2D eigenvalue weighted by atomic mass is 79.9. The van der Waals surface area contributed by atoms with Gasteiger partial charge in [0.25, 0.3) is 5.56 Å². The molecule has 0 unspecified atom stereocenters. The highest BCUT2D eigenvalue weighted by Crippen LogP contribution is 2.25. The van der Waals surface area contributed by atoms with E-state index in [1.54, 1.807) is 13.0 Å². The number of fused-ring (bicyclic) bond motifs is 1. The molecule has 0 aliphatic heterocycles. The fourth-order valence-electron chi connectivity index (χ4n) is 2.52. The topological polar surface area (TPSA) is 64.0 Å². The van der Waals surface area contributed by atoms with Crippen molar-refractivity contribution in [1.29, 1.82) is 0 Å². The number of aryl methyl sites for hydroxylation is 2. The van der Waals surface area contributed by atoms with E-state index in [2.05, 4.69) is 42.2 Å². The van der Waals surface area contributed by atoms with Gasteiger partial charge in [-0.25, -0.2) is 4.98 Å². The molecule has 0 saturated heterocycles. The number of halogens is 2. The lowest BCUT2D eigenvalue weighted by Gasteiger charge is -2.12. The number of rotatable bonds is 3. The number of benzene rings is 2. The number of carbonyl (C=O) groups is 1. The Morgan fingerprint density at radius 2 is 1.84 bits per heavy atom. The van der Waals surface area contributed by atoms with Gasteiger partial charge in [0.05, 0.1) is 10.9 Å². The van der Waals surface area contributed by atoms with Crippen LogP contribution in [0.4, 0.5) is 5.69 Å². The van der Waals surface area contributed by atoms with Crippen molar-refractivity contribution in [3.8, 4) is 0 Å². The van der Waals surface area contributed by atoms with Crippen LogP contribution in [0.1, 0.15) is 11.4 Å². The van der Waals surface area contributed by atoms with Crippen molar-refractivity contribution in [3.05, 3.63) is 67.1 Å². The van der Waals surface area contributed by atoms with Gasteiger partial charge in [-0.05, 0) is 54.0 Å². The first-order valence-electron chi connectivity index (χ1n) is 7.58. The van der Waals surface area contributed by atoms with Gasteiger partial charge in [0.2, 0.25) is 5.91 Å². The molecule has 0 radical (unpaired) electrons. The Morgan fingerprint density at radius 1 is 1.16 bits per heavy atom. The minimum absolute atomic E-state index is 0.0917. The van der Waals surface area contributed by atoms with E-state index in [9.17, 15) is 9.59 Å². The van der Waals surface area contributed by atoms with Gasteiger partial charge in [-0.3, -0.25) is 14.2 Å². The Bertz CT molecular complexity index is 1030. The van der Waals surface area contributed by atoms with Crippen LogP contribution < -0.4 is 10.9 Å². The lowest BCUT2D eigenvalue weighted by Crippen LogP contribution is -2.30. The van der Waals surface area contributed by atoms with Gasteiger partial charge in [0.15, 0.2) is 0 Å². The summed E-state index contributed by atoms with van der Waals surface area (Å²) in [5.74, 6) is 0.212. The van der Waals surface area contributed by atoms with E-state index in [0.717, 1.165) is 14.5 Å². The molecule has 5 nitrogen and oxygen atoms in total. The molecule has 0 bridgehead atoms. The number of nitrogens with one attached hydrogen (secondary N) is 1. The predicted molar refractivity (Wildman–Crippen MR) is 106 cm³/mol. The molecule has 1 aromatic heterocycles. The first-order chi connectivity index (χ1) is 11.8. The molecule has 1 N–H and O–H groups in total. The second-order valence-electron chi connectivity index (χ2n) is 5.75. The van der Waals surface area contributed by atoms with Crippen LogP contribution in [0.3, 0.4) is 0 Å². The number of amides is 1. The normalized spacial score (nSPS) is 10.9. The molecule has 25 heavy (non-hydrogen) atoms. The summed E-state index contributed by atoms with van der Waals surface area (Å²) in [7, 11) is 0. The molecular formula is C18H15Br2N3O2. The van der Waals surface area contributed by atoms with Crippen molar-refractivity contribution < 1.29 is 4.79 Å². The molecular weight excluding hydrogens is 450 g/mol. The van der Waals surface area contributed by atoms with Gasteiger partial charge in [-0.2, -0.15) is 0 Å². The van der Waals surface area contributed by atoms with E-state index in [4.69, 9.17) is 0 Å². The quantitative estimate of drug-likeness (QED) is 0.632. The molecule has 0 fully saturated rings. The standard InChI is InChI=1S/C18H15Br2N3O2/c1-10-3-5-13(6-4-10)22-16(24)9-23-11(2)21-17-14(18(23)25)7-12(19)8-15(17)20/h3-8H,9H2,1-2H3,(H,22,24). The Labute approximate surface area is 161 Å². The molecule has 3 rings (SSSR count). The van der Waals surface area contributed by atoms with Crippen molar-refractivity contribution in [2.45, 2.75) is 20.4 Å². The average Bonchev–Trinajstić information content (AvgIpc) is 2.55. The van der Waals surface area contributed by atoms with E-state index < -0.39 is 0 Å². The largest absolute Gasteiger partial charge is 0.325 e. The third-order valence-corrected chi connectivity index (χ3v) is 4.87. The van der Waals surface area contributed by atoms with E-state index in [-0.39, 0.29) is 18.0 Å². The van der Waals surface area contributed by atoms with Crippen molar-refractivity contribution in [1.82, 2.24) is 9.55 Å². The maximum atomic E-state index is 12.8. The molecule has 0 saturated carbocycles. The molecule has 2 aromatic carbocycles. The summed E-state index contributed by atoms with van der Waals surface area (Å²) in [6.07, 6.45) is 0. The van der Waals surface area contributed by atoms with Gasteiger partial charge in [0, 0.05) is 14.6 Å². The fraction of sp³-hybridized carbons (Fsp3) is 0.167. The Kier molecular flexibility index (Phi) is 5.06. The zero-order valence-electron chi connectivity index (χ0n) is 13.6. The molecule has 0 spiro atoms. The fourth-order valence-corrected chi connectivity index (χ4v) is 3.84. The highest BCUT2D eigenvalue weighted by Gasteiger charge is 2.14. The van der Waals surface area contributed by atoms with Crippen molar-refractivity contribution in [3.63, 3.8) is 0 Å². The second kappa shape index (κ2) is 7.09. The Balaban J connectivity index is 1.94. The lowest BCUT2D eigenvalue weighted by atomic mass is 10.2. The van der Waals surface area contributed by atoms with Crippen LogP contribution >= 0.6 is 31.9 Å². The molecule has 0 aliphatic carbocycles. The summed E-state index contributed by atoms with van der Waals surface area (Å²) < 4.78 is 2.88. The maximum Gasteiger partial charge on any atom is 0.261 e. The highest BCUT2D eigenvalue weighted by molar-refractivity contribution is 9.11. The molecule has 3 aromatic rings. The van der Waals surface area contributed by atoms with Gasteiger partial charge < -0.3 is 5.32 Å². The summed E-state index contributed by atoms with van der Waals surface area (Å²) >= 11 is 6.80. The van der Waals surface area contributed by atoms with Crippen LogP contribution in [-0.2, 0) is 11.3 Å². The van der Waals surface area contributed by atoms with Crippen LogP contribution in [0, 0.1) is 13.8 Å². The minimum atomic E-state index is -0.274. The first-order valence-corrected chi connectivity index (χ1v) is 9.16. The number of hydrogen-bond acceptors (Lipinski definition) is 3. The summed E-state index contributed by atoms with van der Waals surface area (Å²) in [5.41, 5.74) is 2.14. The third kappa shape index (κ3) is 3.82. The van der Waals surface area contributed by atoms with Gasteiger partial charge >= 0.3 is 0 Å². The molecule has 0 atom stereocenters. The van der Waals surface area contributed by atoms with Crippen LogP contribution in [0.2, 0.25) is 0 Å². The van der Waals surface area contributed by atoms with Crippen molar-refractivity contribution in [2.24, 2.45) is 0 Å². The number of aromatic nitrogens is 2. The molecule has 128 valence electrons. The molecule has 1 amide bonds. The van der Waals surface area contributed by atoms with E-state index >= 15 is 0 Å². The van der Waals surface area contributed by atoms with Crippen LogP contribution in [0.25, 0.3) is 10.9 Å². The number of nitrogens with zero attached hydrogens (tertiary/aromatic N) is 2. The zero-order chi connectivity index (χ0) is 18.1. The Morgan fingerprint density at radius 3 is 2.52 bits per heavy atom. The lowest BCUT2D eigenvalue weighted by molar-refractivity contribution is -0.116. The number of hydrogen-bond donors (Lipinski definition) is 1. The molecule has 1 heterocycles. The van der Waals surface area contributed by atoms with Crippen molar-refractivity contribution >= 4 is 54.4 Å².